The SMILES string of the molecule is CCN1CCC[C@H]1CNC(=O)Cc1cc(OC)c(OC)c(OC)c1. The van der Waals surface area contributed by atoms with Crippen molar-refractivity contribution in [1.82, 2.24) is 10.2 Å². The number of rotatable bonds is 8. The third-order valence-corrected chi connectivity index (χ3v) is 4.53. The molecular weight excluding hydrogens is 308 g/mol. The van der Waals surface area contributed by atoms with Gasteiger partial charge in [-0.05, 0) is 43.6 Å². The van der Waals surface area contributed by atoms with Crippen LogP contribution < -0.4 is 19.5 Å². The first kappa shape index (κ1) is 18.4. The monoisotopic (exact) mass is 336 g/mol. The van der Waals surface area contributed by atoms with Crippen molar-refractivity contribution in [2.24, 2.45) is 0 Å². The molecule has 6 nitrogen and oxygen atoms in total. The fourth-order valence-corrected chi connectivity index (χ4v) is 3.26. The Bertz CT molecular complexity index is 537. The molecule has 1 aromatic rings. The van der Waals surface area contributed by atoms with E-state index in [2.05, 4.69) is 17.1 Å². The molecule has 0 radical (unpaired) electrons. The van der Waals surface area contributed by atoms with Crippen LogP contribution in [0.25, 0.3) is 0 Å². The number of amides is 1. The lowest BCUT2D eigenvalue weighted by Crippen LogP contribution is -2.40. The third kappa shape index (κ3) is 4.32. The third-order valence-electron chi connectivity index (χ3n) is 4.53. The van der Waals surface area contributed by atoms with Crippen LogP contribution in [-0.2, 0) is 11.2 Å². The number of nitrogens with one attached hydrogen (secondary N) is 1. The molecule has 1 fully saturated rings. The van der Waals surface area contributed by atoms with Gasteiger partial charge in [0, 0.05) is 12.6 Å². The van der Waals surface area contributed by atoms with Crippen LogP contribution >= 0.6 is 0 Å². The van der Waals surface area contributed by atoms with E-state index in [1.54, 1.807) is 21.3 Å². The molecule has 0 unspecified atom stereocenters. The maximum absolute atomic E-state index is 12.3. The Kier molecular flexibility index (Phi) is 6.73. The van der Waals surface area contributed by atoms with Crippen molar-refractivity contribution in [1.29, 1.82) is 0 Å². The quantitative estimate of drug-likeness (QED) is 0.785. The molecule has 1 aliphatic rings. The fourth-order valence-electron chi connectivity index (χ4n) is 3.26. The summed E-state index contributed by atoms with van der Waals surface area (Å²) in [6, 6.07) is 4.09. The van der Waals surface area contributed by atoms with Crippen molar-refractivity contribution < 1.29 is 19.0 Å². The van der Waals surface area contributed by atoms with E-state index in [1.807, 2.05) is 12.1 Å². The van der Waals surface area contributed by atoms with Gasteiger partial charge < -0.3 is 19.5 Å². The summed E-state index contributed by atoms with van der Waals surface area (Å²) in [7, 11) is 4.70. The lowest BCUT2D eigenvalue weighted by molar-refractivity contribution is -0.120. The first-order chi connectivity index (χ1) is 11.6. The van der Waals surface area contributed by atoms with Crippen LogP contribution in [-0.4, -0.2) is 57.8 Å². The number of methoxy groups -OCH3 is 3. The lowest BCUT2D eigenvalue weighted by Gasteiger charge is -2.23. The molecule has 134 valence electrons. The molecule has 1 amide bonds. The number of likely N-dealkylation sites (N-methyl/N-ethyl adjacent to an activating group) is 1. The van der Waals surface area contributed by atoms with Gasteiger partial charge >= 0.3 is 0 Å². The maximum Gasteiger partial charge on any atom is 0.224 e. The van der Waals surface area contributed by atoms with E-state index < -0.39 is 0 Å². The number of likely N-dealkylation sites (tertiary alicyclic amines) is 1. The Morgan fingerprint density at radius 2 is 1.88 bits per heavy atom. The molecule has 0 aliphatic carbocycles. The van der Waals surface area contributed by atoms with Crippen molar-refractivity contribution in [2.45, 2.75) is 32.2 Å². The zero-order chi connectivity index (χ0) is 17.5. The van der Waals surface area contributed by atoms with E-state index in [0.29, 0.717) is 29.8 Å². The largest absolute Gasteiger partial charge is 0.493 e. The number of carbonyl (C=O) groups is 1. The molecule has 1 atom stereocenters. The first-order valence-corrected chi connectivity index (χ1v) is 8.42. The van der Waals surface area contributed by atoms with Crippen molar-refractivity contribution in [2.75, 3.05) is 41.0 Å². The minimum Gasteiger partial charge on any atom is -0.493 e. The van der Waals surface area contributed by atoms with E-state index in [4.69, 9.17) is 14.2 Å². The summed E-state index contributed by atoms with van der Waals surface area (Å²) in [6.07, 6.45) is 2.65. The predicted molar refractivity (Wildman–Crippen MR) is 93.1 cm³/mol. The van der Waals surface area contributed by atoms with Gasteiger partial charge in [-0.15, -0.1) is 0 Å². The second-order valence-electron chi connectivity index (χ2n) is 5.94. The van der Waals surface area contributed by atoms with Crippen LogP contribution in [0.15, 0.2) is 12.1 Å². The predicted octanol–water partition coefficient (Wildman–Crippen LogP) is 1.86. The lowest BCUT2D eigenvalue weighted by atomic mass is 10.1. The van der Waals surface area contributed by atoms with Gasteiger partial charge in [-0.3, -0.25) is 9.69 Å². The Hall–Kier alpha value is -1.95. The zero-order valence-corrected chi connectivity index (χ0v) is 15.1. The summed E-state index contributed by atoms with van der Waals surface area (Å²) in [5, 5.41) is 3.05. The van der Waals surface area contributed by atoms with E-state index in [0.717, 1.165) is 25.1 Å². The van der Waals surface area contributed by atoms with Gasteiger partial charge in [-0.2, -0.15) is 0 Å². The fraction of sp³-hybridized carbons (Fsp3) is 0.611. The summed E-state index contributed by atoms with van der Waals surface area (Å²) in [5.41, 5.74) is 0.834. The van der Waals surface area contributed by atoms with Gasteiger partial charge in [0.1, 0.15) is 0 Å². The highest BCUT2D eigenvalue weighted by molar-refractivity contribution is 5.79. The Balaban J connectivity index is 1.98. The van der Waals surface area contributed by atoms with Crippen LogP contribution in [0, 0.1) is 0 Å². The molecule has 0 bridgehead atoms. The second-order valence-corrected chi connectivity index (χ2v) is 5.94. The topological polar surface area (TPSA) is 60.0 Å². The van der Waals surface area contributed by atoms with Crippen molar-refractivity contribution in [3.05, 3.63) is 17.7 Å². The minimum atomic E-state index is 0.00669. The summed E-state index contributed by atoms with van der Waals surface area (Å²) in [6.45, 7) is 5.03. The highest BCUT2D eigenvalue weighted by Gasteiger charge is 2.23. The molecule has 0 saturated carbocycles. The number of benzene rings is 1. The number of hydrogen-bond acceptors (Lipinski definition) is 5. The first-order valence-electron chi connectivity index (χ1n) is 8.42. The zero-order valence-electron chi connectivity index (χ0n) is 15.1. The molecule has 1 N–H and O–H groups in total. The highest BCUT2D eigenvalue weighted by atomic mass is 16.5. The molecule has 1 aliphatic heterocycles. The summed E-state index contributed by atoms with van der Waals surface area (Å²) < 4.78 is 16.0. The van der Waals surface area contributed by atoms with Crippen LogP contribution in [0.4, 0.5) is 0 Å². The summed E-state index contributed by atoms with van der Waals surface area (Å²) >= 11 is 0. The van der Waals surface area contributed by atoms with Crippen LogP contribution in [0.3, 0.4) is 0 Å². The molecule has 6 heteroatoms. The normalized spacial score (nSPS) is 17.6. The average Bonchev–Trinajstić information content (AvgIpc) is 3.06. The Morgan fingerprint density at radius 1 is 1.21 bits per heavy atom. The van der Waals surface area contributed by atoms with Crippen molar-refractivity contribution >= 4 is 5.91 Å². The molecule has 1 heterocycles. The van der Waals surface area contributed by atoms with Gasteiger partial charge in [0.05, 0.1) is 27.8 Å². The minimum absolute atomic E-state index is 0.00669. The van der Waals surface area contributed by atoms with Crippen LogP contribution in [0.2, 0.25) is 0 Å². The summed E-state index contributed by atoms with van der Waals surface area (Å²) in [4.78, 5) is 14.7. The van der Waals surface area contributed by atoms with Gasteiger partial charge in [0.25, 0.3) is 0 Å². The number of nitrogens with zero attached hydrogens (tertiary/aromatic N) is 1. The average molecular weight is 336 g/mol. The second kappa shape index (κ2) is 8.78. The number of ether oxygens (including phenoxy) is 3. The highest BCUT2D eigenvalue weighted by Crippen LogP contribution is 2.38. The van der Waals surface area contributed by atoms with Crippen molar-refractivity contribution in [3.8, 4) is 17.2 Å². The number of carbonyl (C=O) groups excluding carboxylic acids is 1. The van der Waals surface area contributed by atoms with E-state index in [-0.39, 0.29) is 12.3 Å². The van der Waals surface area contributed by atoms with Crippen LogP contribution in [0.1, 0.15) is 25.3 Å². The molecule has 2 rings (SSSR count). The van der Waals surface area contributed by atoms with Gasteiger partial charge in [0.2, 0.25) is 11.7 Å². The van der Waals surface area contributed by atoms with Gasteiger partial charge in [0.15, 0.2) is 11.5 Å². The maximum atomic E-state index is 12.3. The molecule has 0 aromatic heterocycles. The smallest absolute Gasteiger partial charge is 0.224 e. The van der Waals surface area contributed by atoms with Crippen LogP contribution in [0.5, 0.6) is 17.2 Å². The van der Waals surface area contributed by atoms with Gasteiger partial charge in [-0.25, -0.2) is 0 Å². The van der Waals surface area contributed by atoms with E-state index >= 15 is 0 Å². The Labute approximate surface area is 144 Å². The molecule has 1 aromatic carbocycles. The Morgan fingerprint density at radius 3 is 2.42 bits per heavy atom. The number of hydrogen-bond donors (Lipinski definition) is 1. The molecule has 24 heavy (non-hydrogen) atoms. The molecule has 1 saturated heterocycles. The van der Waals surface area contributed by atoms with E-state index in [9.17, 15) is 4.79 Å². The summed E-state index contributed by atoms with van der Waals surface area (Å²) in [5.74, 6) is 1.67. The van der Waals surface area contributed by atoms with Crippen molar-refractivity contribution in [3.63, 3.8) is 0 Å². The van der Waals surface area contributed by atoms with E-state index in [1.165, 1.54) is 6.42 Å². The molecule has 0 spiro atoms. The molecular formula is C18H28N2O4. The van der Waals surface area contributed by atoms with Gasteiger partial charge in [-0.1, -0.05) is 6.92 Å². The standard InChI is InChI=1S/C18H28N2O4/c1-5-20-8-6-7-14(20)12-19-17(21)11-13-9-15(22-2)18(24-4)16(10-13)23-3/h9-10,14H,5-8,11-12H2,1-4H3,(H,19,21)/t14-/m0/s1.